The second-order valence-corrected chi connectivity index (χ2v) is 5.19. The molecule has 3 rings (SSSR count). The molecule has 0 bridgehead atoms. The minimum absolute atomic E-state index is 0.0151. The molecule has 0 amide bonds. The fourth-order valence-electron chi connectivity index (χ4n) is 2.38. The number of aryl methyl sites for hydroxylation is 1. The molecule has 0 aliphatic rings. The Labute approximate surface area is 122 Å². The Balaban J connectivity index is 2.07. The molecule has 104 valence electrons. The van der Waals surface area contributed by atoms with E-state index in [1.807, 2.05) is 42.1 Å². The van der Waals surface area contributed by atoms with Gasteiger partial charge in [-0.25, -0.2) is 4.98 Å². The molecule has 4 nitrogen and oxygen atoms in total. The molecular formula is C15H16ClN3O. The molecule has 0 spiro atoms. The standard InChI is InChI=1S/C15H16ClN3O/c1-3-18-15(12-8-17-9-19(12)2)14-7-10-6-11(16)4-5-13(10)20-14/h4-9,15,18H,3H2,1-2H3. The van der Waals surface area contributed by atoms with Crippen molar-refractivity contribution in [1.29, 1.82) is 0 Å². The lowest BCUT2D eigenvalue weighted by atomic mass is 10.1. The van der Waals surface area contributed by atoms with Crippen LogP contribution in [0.3, 0.4) is 0 Å². The van der Waals surface area contributed by atoms with E-state index in [0.717, 1.165) is 29.0 Å². The summed E-state index contributed by atoms with van der Waals surface area (Å²) in [6.07, 6.45) is 3.65. The number of imidazole rings is 1. The van der Waals surface area contributed by atoms with E-state index in [1.54, 1.807) is 6.33 Å². The van der Waals surface area contributed by atoms with Crippen LogP contribution in [0.5, 0.6) is 0 Å². The minimum Gasteiger partial charge on any atom is -0.459 e. The van der Waals surface area contributed by atoms with Gasteiger partial charge in [-0.3, -0.25) is 0 Å². The third-order valence-corrected chi connectivity index (χ3v) is 3.57. The summed E-state index contributed by atoms with van der Waals surface area (Å²) in [5, 5.41) is 5.16. The zero-order chi connectivity index (χ0) is 14.1. The van der Waals surface area contributed by atoms with E-state index in [2.05, 4.69) is 17.2 Å². The SMILES string of the molecule is CCNC(c1cc2cc(Cl)ccc2o1)c1cncn1C. The normalized spacial score (nSPS) is 12.9. The van der Waals surface area contributed by atoms with E-state index >= 15 is 0 Å². The summed E-state index contributed by atoms with van der Waals surface area (Å²) in [6, 6.07) is 7.66. The quantitative estimate of drug-likeness (QED) is 0.799. The van der Waals surface area contributed by atoms with Crippen LogP contribution in [0.25, 0.3) is 11.0 Å². The van der Waals surface area contributed by atoms with Gasteiger partial charge in [0, 0.05) is 17.5 Å². The Morgan fingerprint density at radius 1 is 1.40 bits per heavy atom. The fraction of sp³-hybridized carbons (Fsp3) is 0.267. The van der Waals surface area contributed by atoms with Crippen molar-refractivity contribution in [3.05, 3.63) is 53.3 Å². The van der Waals surface area contributed by atoms with Crippen molar-refractivity contribution in [2.75, 3.05) is 6.54 Å². The highest BCUT2D eigenvalue weighted by Crippen LogP contribution is 2.29. The van der Waals surface area contributed by atoms with Gasteiger partial charge >= 0.3 is 0 Å². The third kappa shape index (κ3) is 2.32. The lowest BCUT2D eigenvalue weighted by molar-refractivity contribution is 0.464. The fourth-order valence-corrected chi connectivity index (χ4v) is 2.56. The highest BCUT2D eigenvalue weighted by atomic mass is 35.5. The first-order valence-corrected chi connectivity index (χ1v) is 6.95. The van der Waals surface area contributed by atoms with Gasteiger partial charge in [-0.1, -0.05) is 18.5 Å². The van der Waals surface area contributed by atoms with Crippen LogP contribution in [0.2, 0.25) is 5.02 Å². The van der Waals surface area contributed by atoms with Gasteiger partial charge in [-0.05, 0) is 30.8 Å². The Hall–Kier alpha value is -1.78. The maximum Gasteiger partial charge on any atom is 0.134 e. The number of fused-ring (bicyclic) bond motifs is 1. The number of benzene rings is 1. The molecule has 5 heteroatoms. The summed E-state index contributed by atoms with van der Waals surface area (Å²) in [6.45, 7) is 2.91. The van der Waals surface area contributed by atoms with Gasteiger partial charge in [0.15, 0.2) is 0 Å². The van der Waals surface area contributed by atoms with Crippen LogP contribution in [0, 0.1) is 0 Å². The lowest BCUT2D eigenvalue weighted by Gasteiger charge is -2.15. The summed E-state index contributed by atoms with van der Waals surface area (Å²) < 4.78 is 7.95. The van der Waals surface area contributed by atoms with Crippen molar-refractivity contribution in [3.8, 4) is 0 Å². The second kappa shape index (κ2) is 5.31. The van der Waals surface area contributed by atoms with Crippen LogP contribution in [0.4, 0.5) is 0 Å². The van der Waals surface area contributed by atoms with Crippen molar-refractivity contribution in [2.24, 2.45) is 7.05 Å². The van der Waals surface area contributed by atoms with Gasteiger partial charge in [0.25, 0.3) is 0 Å². The van der Waals surface area contributed by atoms with Gasteiger partial charge < -0.3 is 14.3 Å². The number of hydrogen-bond acceptors (Lipinski definition) is 3. The lowest BCUT2D eigenvalue weighted by Crippen LogP contribution is -2.23. The molecule has 0 fully saturated rings. The van der Waals surface area contributed by atoms with Gasteiger partial charge in [-0.15, -0.1) is 0 Å². The van der Waals surface area contributed by atoms with Crippen molar-refractivity contribution in [3.63, 3.8) is 0 Å². The molecule has 0 saturated carbocycles. The number of nitrogens with zero attached hydrogens (tertiary/aromatic N) is 2. The third-order valence-electron chi connectivity index (χ3n) is 3.34. The van der Waals surface area contributed by atoms with Gasteiger partial charge in [0.05, 0.1) is 18.2 Å². The molecule has 1 aromatic carbocycles. The van der Waals surface area contributed by atoms with E-state index in [9.17, 15) is 0 Å². The predicted molar refractivity (Wildman–Crippen MR) is 80.0 cm³/mol. The van der Waals surface area contributed by atoms with Crippen LogP contribution in [-0.4, -0.2) is 16.1 Å². The summed E-state index contributed by atoms with van der Waals surface area (Å²) in [4.78, 5) is 4.18. The van der Waals surface area contributed by atoms with Gasteiger partial charge in [0.1, 0.15) is 17.4 Å². The first-order chi connectivity index (χ1) is 9.69. The average molecular weight is 290 g/mol. The molecule has 0 radical (unpaired) electrons. The second-order valence-electron chi connectivity index (χ2n) is 4.75. The molecule has 2 heterocycles. The van der Waals surface area contributed by atoms with Crippen molar-refractivity contribution in [2.45, 2.75) is 13.0 Å². The molecule has 1 unspecified atom stereocenters. The van der Waals surface area contributed by atoms with Crippen molar-refractivity contribution >= 4 is 22.6 Å². The zero-order valence-corrected chi connectivity index (χ0v) is 12.2. The minimum atomic E-state index is -0.0151. The first kappa shape index (κ1) is 13.2. The van der Waals surface area contributed by atoms with Crippen LogP contribution in [0.15, 0.2) is 41.2 Å². The zero-order valence-electron chi connectivity index (χ0n) is 11.4. The summed E-state index contributed by atoms with van der Waals surface area (Å²) in [5.74, 6) is 0.868. The number of halogens is 1. The van der Waals surface area contributed by atoms with Crippen LogP contribution >= 0.6 is 11.6 Å². The summed E-state index contributed by atoms with van der Waals surface area (Å²) in [5.41, 5.74) is 1.91. The number of hydrogen-bond donors (Lipinski definition) is 1. The molecule has 20 heavy (non-hydrogen) atoms. The van der Waals surface area contributed by atoms with Gasteiger partial charge in [0.2, 0.25) is 0 Å². The Kier molecular flexibility index (Phi) is 3.51. The van der Waals surface area contributed by atoms with E-state index in [1.165, 1.54) is 0 Å². The first-order valence-electron chi connectivity index (χ1n) is 6.57. The van der Waals surface area contributed by atoms with Gasteiger partial charge in [-0.2, -0.15) is 0 Å². The molecule has 1 N–H and O–H groups in total. The highest BCUT2D eigenvalue weighted by molar-refractivity contribution is 6.31. The largest absolute Gasteiger partial charge is 0.459 e. The maximum atomic E-state index is 6.02. The molecule has 0 aliphatic carbocycles. The topological polar surface area (TPSA) is 43.0 Å². The van der Waals surface area contributed by atoms with E-state index in [-0.39, 0.29) is 6.04 Å². The van der Waals surface area contributed by atoms with E-state index < -0.39 is 0 Å². The van der Waals surface area contributed by atoms with E-state index in [0.29, 0.717) is 5.02 Å². The molecule has 0 aliphatic heterocycles. The highest BCUT2D eigenvalue weighted by Gasteiger charge is 2.20. The van der Waals surface area contributed by atoms with Crippen LogP contribution in [-0.2, 0) is 7.05 Å². The van der Waals surface area contributed by atoms with Crippen molar-refractivity contribution in [1.82, 2.24) is 14.9 Å². The van der Waals surface area contributed by atoms with Crippen LogP contribution in [0.1, 0.15) is 24.4 Å². The van der Waals surface area contributed by atoms with Crippen molar-refractivity contribution < 1.29 is 4.42 Å². The molecule has 1 atom stereocenters. The Morgan fingerprint density at radius 3 is 2.95 bits per heavy atom. The number of aromatic nitrogens is 2. The molecule has 2 aromatic heterocycles. The molecule has 3 aromatic rings. The van der Waals surface area contributed by atoms with E-state index in [4.69, 9.17) is 16.0 Å². The Morgan fingerprint density at radius 2 is 2.25 bits per heavy atom. The Bertz CT molecular complexity index is 732. The predicted octanol–water partition coefficient (Wildman–Crippen LogP) is 3.52. The monoisotopic (exact) mass is 289 g/mol. The number of furan rings is 1. The smallest absolute Gasteiger partial charge is 0.134 e. The summed E-state index contributed by atoms with van der Waals surface area (Å²) >= 11 is 6.02. The number of rotatable bonds is 4. The number of nitrogens with one attached hydrogen (secondary N) is 1. The molecule has 0 saturated heterocycles. The summed E-state index contributed by atoms with van der Waals surface area (Å²) in [7, 11) is 1.98. The molecular weight excluding hydrogens is 274 g/mol. The average Bonchev–Trinajstić information content (AvgIpc) is 3.01. The van der Waals surface area contributed by atoms with Crippen LogP contribution < -0.4 is 5.32 Å². The maximum absolute atomic E-state index is 6.02.